The molecule has 1 aromatic rings. The van der Waals surface area contributed by atoms with Gasteiger partial charge in [0.1, 0.15) is 0 Å². The van der Waals surface area contributed by atoms with Crippen molar-refractivity contribution in [1.82, 2.24) is 0 Å². The van der Waals surface area contributed by atoms with Crippen molar-refractivity contribution in [1.29, 1.82) is 0 Å². The number of thiophene rings is 1. The average Bonchev–Trinajstić information content (AvgIpc) is 2.14. The predicted octanol–water partition coefficient (Wildman–Crippen LogP) is 1.80. The summed E-state index contributed by atoms with van der Waals surface area (Å²) in [6.45, 7) is 0. The summed E-state index contributed by atoms with van der Waals surface area (Å²) in [5.74, 6) is 0.762. The minimum atomic E-state index is 0.762. The van der Waals surface area contributed by atoms with E-state index in [4.69, 9.17) is 12.6 Å². The standard InChI is InChI=1S/C5H6S2/c6-4-5-2-1-3-7-5/h1-3,6H,4H2/p-1. The molecule has 0 saturated carbocycles. The second-order valence-corrected chi connectivity index (χ2v) is 2.54. The van der Waals surface area contributed by atoms with Gasteiger partial charge in [0.05, 0.1) is 0 Å². The fourth-order valence-corrected chi connectivity index (χ4v) is 1.25. The Hall–Kier alpha value is 0.0500. The average molecular weight is 129 g/mol. The summed E-state index contributed by atoms with van der Waals surface area (Å²) in [7, 11) is 0. The van der Waals surface area contributed by atoms with Crippen molar-refractivity contribution in [3.05, 3.63) is 22.4 Å². The zero-order valence-electron chi connectivity index (χ0n) is 3.76. The van der Waals surface area contributed by atoms with Crippen molar-refractivity contribution < 1.29 is 0 Å². The molecular weight excluding hydrogens is 124 g/mol. The second-order valence-electron chi connectivity index (χ2n) is 1.22. The summed E-state index contributed by atoms with van der Waals surface area (Å²) in [6, 6.07) is 4.07. The second kappa shape index (κ2) is 2.38. The Labute approximate surface area is 52.6 Å². The first-order valence-electron chi connectivity index (χ1n) is 2.04. The van der Waals surface area contributed by atoms with E-state index < -0.39 is 0 Å². The van der Waals surface area contributed by atoms with Crippen LogP contribution >= 0.6 is 11.3 Å². The lowest BCUT2D eigenvalue weighted by atomic mass is 10.5. The Bertz CT molecular complexity index is 121. The zero-order chi connectivity index (χ0) is 5.11. The third-order valence-corrected chi connectivity index (χ3v) is 2.09. The van der Waals surface area contributed by atoms with Crippen molar-refractivity contribution in [2.24, 2.45) is 0 Å². The maximum absolute atomic E-state index is 4.78. The molecule has 0 fully saturated rings. The molecule has 0 radical (unpaired) electrons. The first-order valence-corrected chi connectivity index (χ1v) is 3.49. The van der Waals surface area contributed by atoms with Crippen LogP contribution in [-0.2, 0) is 18.4 Å². The normalized spacial score (nSPS) is 9.29. The Morgan fingerprint density at radius 1 is 1.71 bits per heavy atom. The third-order valence-electron chi connectivity index (χ3n) is 0.722. The van der Waals surface area contributed by atoms with E-state index in [9.17, 15) is 0 Å². The van der Waals surface area contributed by atoms with Gasteiger partial charge in [0.15, 0.2) is 0 Å². The molecule has 0 N–H and O–H groups in total. The lowest BCUT2D eigenvalue weighted by Gasteiger charge is -1.94. The van der Waals surface area contributed by atoms with Gasteiger partial charge in [-0.15, -0.1) is 5.75 Å². The van der Waals surface area contributed by atoms with Gasteiger partial charge in [0.2, 0.25) is 0 Å². The molecule has 1 rings (SSSR count). The highest BCUT2D eigenvalue weighted by Crippen LogP contribution is 2.06. The minimum Gasteiger partial charge on any atom is -0.787 e. The highest BCUT2D eigenvalue weighted by atomic mass is 32.1. The van der Waals surface area contributed by atoms with Gasteiger partial charge in [-0.3, -0.25) is 0 Å². The molecule has 1 heterocycles. The fraction of sp³-hybridized carbons (Fsp3) is 0.200. The van der Waals surface area contributed by atoms with Gasteiger partial charge < -0.3 is 12.6 Å². The number of rotatable bonds is 1. The first kappa shape index (κ1) is 5.19. The highest BCUT2D eigenvalue weighted by molar-refractivity contribution is 7.58. The molecule has 0 aromatic carbocycles. The van der Waals surface area contributed by atoms with E-state index in [2.05, 4.69) is 6.07 Å². The van der Waals surface area contributed by atoms with E-state index in [1.54, 1.807) is 11.3 Å². The van der Waals surface area contributed by atoms with Crippen molar-refractivity contribution in [3.63, 3.8) is 0 Å². The molecule has 0 spiro atoms. The van der Waals surface area contributed by atoms with Crippen LogP contribution in [0.15, 0.2) is 17.5 Å². The van der Waals surface area contributed by atoms with Crippen LogP contribution in [-0.4, -0.2) is 0 Å². The third kappa shape index (κ3) is 1.21. The zero-order valence-corrected chi connectivity index (χ0v) is 5.39. The smallest absolute Gasteiger partial charge is 0.00912 e. The maximum atomic E-state index is 4.78. The summed E-state index contributed by atoms with van der Waals surface area (Å²) < 4.78 is 0. The summed E-state index contributed by atoms with van der Waals surface area (Å²) in [5, 5.41) is 2.04. The van der Waals surface area contributed by atoms with Crippen LogP contribution in [0.4, 0.5) is 0 Å². The summed E-state index contributed by atoms with van der Waals surface area (Å²) >= 11 is 6.50. The molecule has 0 aliphatic heterocycles. The Morgan fingerprint density at radius 2 is 2.57 bits per heavy atom. The monoisotopic (exact) mass is 129 g/mol. The molecule has 0 bridgehead atoms. The van der Waals surface area contributed by atoms with E-state index in [-0.39, 0.29) is 0 Å². The van der Waals surface area contributed by atoms with Gasteiger partial charge in [-0.1, -0.05) is 12.1 Å². The van der Waals surface area contributed by atoms with Crippen LogP contribution in [0.5, 0.6) is 0 Å². The molecule has 0 saturated heterocycles. The largest absolute Gasteiger partial charge is 0.787 e. The SMILES string of the molecule is [S-]Cc1cccs1. The molecule has 0 unspecified atom stereocenters. The predicted molar refractivity (Wildman–Crippen MR) is 35.4 cm³/mol. The summed E-state index contributed by atoms with van der Waals surface area (Å²) in [4.78, 5) is 1.29. The van der Waals surface area contributed by atoms with E-state index in [0.717, 1.165) is 5.75 Å². The van der Waals surface area contributed by atoms with Crippen molar-refractivity contribution in [3.8, 4) is 0 Å². The maximum Gasteiger partial charge on any atom is -0.00912 e. The summed E-state index contributed by atoms with van der Waals surface area (Å²) in [5.41, 5.74) is 0. The highest BCUT2D eigenvalue weighted by Gasteiger charge is 1.77. The molecular formula is C5H5S2-. The molecule has 2 heteroatoms. The summed E-state index contributed by atoms with van der Waals surface area (Å²) in [6.07, 6.45) is 0. The fourth-order valence-electron chi connectivity index (χ4n) is 0.395. The van der Waals surface area contributed by atoms with E-state index in [0.29, 0.717) is 0 Å². The van der Waals surface area contributed by atoms with E-state index in [1.807, 2.05) is 11.4 Å². The minimum absolute atomic E-state index is 0.762. The molecule has 1 aromatic heterocycles. The topological polar surface area (TPSA) is 0 Å². The number of hydrogen-bond acceptors (Lipinski definition) is 2. The van der Waals surface area contributed by atoms with Gasteiger partial charge in [0, 0.05) is 0 Å². The van der Waals surface area contributed by atoms with Gasteiger partial charge >= 0.3 is 0 Å². The molecule has 0 aliphatic carbocycles. The van der Waals surface area contributed by atoms with Crippen LogP contribution in [0.2, 0.25) is 0 Å². The van der Waals surface area contributed by atoms with E-state index in [1.165, 1.54) is 4.88 Å². The molecule has 0 nitrogen and oxygen atoms in total. The van der Waals surface area contributed by atoms with Crippen molar-refractivity contribution in [2.45, 2.75) is 5.75 Å². The molecule has 0 amide bonds. The Morgan fingerprint density at radius 3 is 2.86 bits per heavy atom. The van der Waals surface area contributed by atoms with Crippen LogP contribution < -0.4 is 0 Å². The Kier molecular flexibility index (Phi) is 1.77. The van der Waals surface area contributed by atoms with Crippen LogP contribution in [0.3, 0.4) is 0 Å². The van der Waals surface area contributed by atoms with Gasteiger partial charge in [-0.05, 0) is 10.3 Å². The molecule has 7 heavy (non-hydrogen) atoms. The van der Waals surface area contributed by atoms with E-state index >= 15 is 0 Å². The quantitative estimate of drug-likeness (QED) is 0.521. The molecule has 38 valence electrons. The van der Waals surface area contributed by atoms with Gasteiger partial charge in [0.25, 0.3) is 0 Å². The van der Waals surface area contributed by atoms with Crippen LogP contribution in [0.25, 0.3) is 0 Å². The lowest BCUT2D eigenvalue weighted by molar-refractivity contribution is 1.57. The number of hydrogen-bond donors (Lipinski definition) is 0. The van der Waals surface area contributed by atoms with Crippen molar-refractivity contribution in [2.75, 3.05) is 0 Å². The van der Waals surface area contributed by atoms with Gasteiger partial charge in [-0.25, -0.2) is 0 Å². The van der Waals surface area contributed by atoms with Gasteiger partial charge in [-0.2, -0.15) is 11.3 Å². The molecule has 0 atom stereocenters. The van der Waals surface area contributed by atoms with Crippen LogP contribution in [0, 0.1) is 0 Å². The Balaban J connectivity index is 2.76. The van der Waals surface area contributed by atoms with Crippen molar-refractivity contribution >= 4 is 24.0 Å². The van der Waals surface area contributed by atoms with Crippen LogP contribution in [0.1, 0.15) is 4.88 Å². The molecule has 0 aliphatic rings. The lowest BCUT2D eigenvalue weighted by Crippen LogP contribution is -1.64. The first-order chi connectivity index (χ1) is 3.43.